The maximum atomic E-state index is 7.32. The van der Waals surface area contributed by atoms with Crippen LogP contribution in [0.3, 0.4) is 0 Å². The van der Waals surface area contributed by atoms with Crippen LogP contribution >= 0.6 is 0 Å². The van der Waals surface area contributed by atoms with Gasteiger partial charge < -0.3 is 4.85 Å². The van der Waals surface area contributed by atoms with Gasteiger partial charge in [0.2, 0.25) is 0 Å². The molecule has 4 rings (SSSR count). The fourth-order valence-corrected chi connectivity index (χ4v) is 3.15. The molecule has 0 aliphatic rings. The van der Waals surface area contributed by atoms with Crippen molar-refractivity contribution in [1.82, 2.24) is 19.7 Å². The van der Waals surface area contributed by atoms with E-state index in [9.17, 15) is 0 Å². The topological polar surface area (TPSA) is 48.0 Å². The summed E-state index contributed by atoms with van der Waals surface area (Å²) in [5, 5.41) is 5.55. The van der Waals surface area contributed by atoms with Gasteiger partial charge in [-0.1, -0.05) is 38.6 Å². The lowest BCUT2D eigenvalue weighted by molar-refractivity contribution is 0.483. The maximum Gasteiger partial charge on any atom is 0.270 e. The van der Waals surface area contributed by atoms with Crippen molar-refractivity contribution in [1.29, 1.82) is 0 Å². The summed E-state index contributed by atoms with van der Waals surface area (Å²) in [6.07, 6.45) is 5.68. The Balaban J connectivity index is 1.85. The number of benzene rings is 1. The molecule has 132 valence electrons. The molecule has 1 aromatic carbocycles. The van der Waals surface area contributed by atoms with Gasteiger partial charge in [0.25, 0.3) is 5.82 Å². The standard InChI is InChI=1S/C22H19N5/c1-15(2)13-27-14-18(12-25-27)19-8-9-21(23-3)26-22(19)17-7-6-16-5-4-10-24-20(16)11-17/h4-12,14-15H,13H2,1-2H3. The second kappa shape index (κ2) is 7.00. The molecule has 0 bridgehead atoms. The summed E-state index contributed by atoms with van der Waals surface area (Å²) < 4.78 is 1.95. The lowest BCUT2D eigenvalue weighted by Gasteiger charge is -2.07. The number of aromatic nitrogens is 4. The lowest BCUT2D eigenvalue weighted by atomic mass is 10.0. The Labute approximate surface area is 158 Å². The number of pyridine rings is 2. The minimum absolute atomic E-state index is 0.379. The van der Waals surface area contributed by atoms with Crippen molar-refractivity contribution >= 4 is 16.7 Å². The van der Waals surface area contributed by atoms with Crippen LogP contribution in [-0.2, 0) is 6.54 Å². The summed E-state index contributed by atoms with van der Waals surface area (Å²) in [6, 6.07) is 13.8. The van der Waals surface area contributed by atoms with E-state index < -0.39 is 0 Å². The first kappa shape index (κ1) is 16.9. The van der Waals surface area contributed by atoms with Gasteiger partial charge in [-0.15, -0.1) is 4.98 Å². The molecule has 0 amide bonds. The molecule has 0 aliphatic carbocycles. The molecule has 3 heterocycles. The zero-order chi connectivity index (χ0) is 18.8. The zero-order valence-electron chi connectivity index (χ0n) is 15.3. The van der Waals surface area contributed by atoms with Crippen molar-refractivity contribution < 1.29 is 0 Å². The molecule has 0 atom stereocenters. The summed E-state index contributed by atoms with van der Waals surface area (Å²) >= 11 is 0. The summed E-state index contributed by atoms with van der Waals surface area (Å²) in [7, 11) is 0. The van der Waals surface area contributed by atoms with Gasteiger partial charge in [0.05, 0.1) is 11.7 Å². The third-order valence-electron chi connectivity index (χ3n) is 4.37. The second-order valence-electron chi connectivity index (χ2n) is 6.93. The Morgan fingerprint density at radius 1 is 1.11 bits per heavy atom. The molecule has 0 radical (unpaired) electrons. The van der Waals surface area contributed by atoms with Crippen LogP contribution in [0, 0.1) is 12.5 Å². The summed E-state index contributed by atoms with van der Waals surface area (Å²) in [4.78, 5) is 12.5. The van der Waals surface area contributed by atoms with Crippen molar-refractivity contribution in [2.45, 2.75) is 20.4 Å². The minimum Gasteiger partial charge on any atom is -0.361 e. The van der Waals surface area contributed by atoms with Gasteiger partial charge in [-0.3, -0.25) is 9.67 Å². The van der Waals surface area contributed by atoms with Gasteiger partial charge in [-0.2, -0.15) is 5.10 Å². The lowest BCUT2D eigenvalue weighted by Crippen LogP contribution is -2.04. The van der Waals surface area contributed by atoms with E-state index in [2.05, 4.69) is 33.8 Å². The van der Waals surface area contributed by atoms with Crippen molar-refractivity contribution in [2.75, 3.05) is 0 Å². The van der Waals surface area contributed by atoms with E-state index in [0.29, 0.717) is 11.7 Å². The highest BCUT2D eigenvalue weighted by molar-refractivity contribution is 5.88. The Hall–Kier alpha value is -3.52. The second-order valence-corrected chi connectivity index (χ2v) is 6.93. The largest absolute Gasteiger partial charge is 0.361 e. The van der Waals surface area contributed by atoms with E-state index in [4.69, 9.17) is 6.57 Å². The fourth-order valence-electron chi connectivity index (χ4n) is 3.15. The number of hydrogen-bond acceptors (Lipinski definition) is 3. The Bertz CT molecular complexity index is 1150. The number of rotatable bonds is 4. The highest BCUT2D eigenvalue weighted by Crippen LogP contribution is 2.33. The van der Waals surface area contributed by atoms with E-state index in [0.717, 1.165) is 39.8 Å². The Kier molecular flexibility index (Phi) is 4.39. The van der Waals surface area contributed by atoms with Crippen LogP contribution in [0.25, 0.3) is 38.1 Å². The molecule has 27 heavy (non-hydrogen) atoms. The predicted molar refractivity (Wildman–Crippen MR) is 107 cm³/mol. The van der Waals surface area contributed by atoms with Crippen LogP contribution in [0.2, 0.25) is 0 Å². The normalized spacial score (nSPS) is 11.0. The van der Waals surface area contributed by atoms with Gasteiger partial charge in [0.15, 0.2) is 5.69 Å². The van der Waals surface area contributed by atoms with Crippen LogP contribution in [0.1, 0.15) is 13.8 Å². The molecular weight excluding hydrogens is 334 g/mol. The summed E-state index contributed by atoms with van der Waals surface area (Å²) in [6.45, 7) is 12.5. The average Bonchev–Trinajstić information content (AvgIpc) is 3.14. The van der Waals surface area contributed by atoms with Gasteiger partial charge in [0.1, 0.15) is 0 Å². The van der Waals surface area contributed by atoms with E-state index in [-0.39, 0.29) is 0 Å². The van der Waals surface area contributed by atoms with Gasteiger partial charge in [0, 0.05) is 41.0 Å². The molecule has 5 nitrogen and oxygen atoms in total. The van der Waals surface area contributed by atoms with Gasteiger partial charge >= 0.3 is 0 Å². The van der Waals surface area contributed by atoms with E-state index in [1.807, 2.05) is 53.5 Å². The average molecular weight is 353 g/mol. The van der Waals surface area contributed by atoms with Gasteiger partial charge in [-0.25, -0.2) is 0 Å². The summed E-state index contributed by atoms with van der Waals surface area (Å²) in [5.74, 6) is 0.899. The Morgan fingerprint density at radius 3 is 2.81 bits per heavy atom. The predicted octanol–water partition coefficient (Wildman–Crippen LogP) is 5.37. The Morgan fingerprint density at radius 2 is 2.00 bits per heavy atom. The third-order valence-corrected chi connectivity index (χ3v) is 4.37. The van der Waals surface area contributed by atoms with Crippen LogP contribution in [0.5, 0.6) is 0 Å². The molecule has 0 spiro atoms. The SMILES string of the molecule is [C-]#[N+]c1ccc(-c2cnn(CC(C)C)c2)c(-c2ccc3cccnc3c2)n1. The molecule has 0 saturated heterocycles. The molecule has 0 N–H and O–H groups in total. The fraction of sp³-hybridized carbons (Fsp3) is 0.182. The van der Waals surface area contributed by atoms with Crippen LogP contribution in [0.4, 0.5) is 5.82 Å². The first-order valence-corrected chi connectivity index (χ1v) is 8.90. The molecule has 5 heteroatoms. The van der Waals surface area contributed by atoms with E-state index in [1.54, 1.807) is 12.3 Å². The van der Waals surface area contributed by atoms with E-state index >= 15 is 0 Å². The van der Waals surface area contributed by atoms with Crippen molar-refractivity contribution in [3.63, 3.8) is 0 Å². The van der Waals surface area contributed by atoms with Crippen LogP contribution in [-0.4, -0.2) is 19.7 Å². The van der Waals surface area contributed by atoms with Crippen molar-refractivity contribution in [3.8, 4) is 22.4 Å². The molecule has 0 aliphatic heterocycles. The van der Waals surface area contributed by atoms with Crippen molar-refractivity contribution in [2.24, 2.45) is 5.92 Å². The molecule has 0 unspecified atom stereocenters. The van der Waals surface area contributed by atoms with E-state index in [1.165, 1.54) is 0 Å². The smallest absolute Gasteiger partial charge is 0.270 e. The third kappa shape index (κ3) is 3.42. The highest BCUT2D eigenvalue weighted by Gasteiger charge is 2.16. The number of nitrogens with zero attached hydrogens (tertiary/aromatic N) is 5. The minimum atomic E-state index is 0.379. The first-order valence-electron chi connectivity index (χ1n) is 8.90. The van der Waals surface area contributed by atoms with Gasteiger partial charge in [-0.05, 0) is 30.2 Å². The molecule has 0 fully saturated rings. The molecule has 3 aromatic heterocycles. The number of hydrogen-bond donors (Lipinski definition) is 0. The molecular formula is C22H19N5. The highest BCUT2D eigenvalue weighted by atomic mass is 15.3. The quantitative estimate of drug-likeness (QED) is 0.464. The number of fused-ring (bicyclic) bond motifs is 1. The van der Waals surface area contributed by atoms with Crippen LogP contribution < -0.4 is 0 Å². The van der Waals surface area contributed by atoms with Crippen molar-refractivity contribution in [3.05, 3.63) is 72.5 Å². The monoisotopic (exact) mass is 353 g/mol. The zero-order valence-corrected chi connectivity index (χ0v) is 15.3. The van der Waals surface area contributed by atoms with Crippen LogP contribution in [0.15, 0.2) is 61.1 Å². The molecule has 4 aromatic rings. The first-order chi connectivity index (χ1) is 13.1. The molecule has 0 saturated carbocycles. The summed E-state index contributed by atoms with van der Waals surface area (Å²) in [5.41, 5.74) is 4.59. The maximum absolute atomic E-state index is 7.32.